The topological polar surface area (TPSA) is 83.5 Å². The fourth-order valence-corrected chi connectivity index (χ4v) is 2.99. The van der Waals surface area contributed by atoms with Gasteiger partial charge in [-0.15, -0.1) is 0 Å². The van der Waals surface area contributed by atoms with Gasteiger partial charge in [0.2, 0.25) is 10.0 Å². The molecule has 0 spiro atoms. The maximum absolute atomic E-state index is 12.1. The first-order valence-electron chi connectivity index (χ1n) is 5.32. The van der Waals surface area contributed by atoms with Crippen molar-refractivity contribution in [2.45, 2.75) is 18.7 Å². The Balaban J connectivity index is 3.33. The second-order valence-corrected chi connectivity index (χ2v) is 6.33. The normalized spacial score (nSPS) is 11.3. The summed E-state index contributed by atoms with van der Waals surface area (Å²) >= 11 is 5.51. The SMILES string of the molecule is C=C(Cl)CNS(=O)(=O)c1cc(C(=O)O)cc(C)c1C. The number of nitrogens with one attached hydrogen (secondary N) is 1. The fourth-order valence-electron chi connectivity index (χ4n) is 1.48. The van der Waals surface area contributed by atoms with Crippen LogP contribution in [0.3, 0.4) is 0 Å². The molecule has 1 rings (SSSR count). The zero-order valence-electron chi connectivity index (χ0n) is 10.5. The van der Waals surface area contributed by atoms with Crippen molar-refractivity contribution in [2.75, 3.05) is 6.54 Å². The van der Waals surface area contributed by atoms with Crippen molar-refractivity contribution >= 4 is 27.6 Å². The molecule has 0 radical (unpaired) electrons. The standard InChI is InChI=1S/C12H14ClNO4S/c1-7-4-10(12(15)16)5-11(9(7)3)19(17,18)14-6-8(2)13/h4-5,14H,2,6H2,1,3H3,(H,15,16). The molecule has 0 unspecified atom stereocenters. The summed E-state index contributed by atoms with van der Waals surface area (Å²) in [5.74, 6) is -1.18. The van der Waals surface area contributed by atoms with Crippen LogP contribution in [0, 0.1) is 13.8 Å². The third-order valence-corrected chi connectivity index (χ3v) is 4.27. The number of benzene rings is 1. The van der Waals surface area contributed by atoms with Gasteiger partial charge in [-0.1, -0.05) is 18.2 Å². The largest absolute Gasteiger partial charge is 0.478 e. The lowest BCUT2D eigenvalue weighted by atomic mass is 10.1. The van der Waals surface area contributed by atoms with Gasteiger partial charge in [0.1, 0.15) is 0 Å². The molecule has 5 nitrogen and oxygen atoms in total. The van der Waals surface area contributed by atoms with Gasteiger partial charge in [-0.25, -0.2) is 17.9 Å². The Hall–Kier alpha value is -1.37. The van der Waals surface area contributed by atoms with E-state index in [2.05, 4.69) is 11.3 Å². The summed E-state index contributed by atoms with van der Waals surface area (Å²) in [5, 5.41) is 9.10. The van der Waals surface area contributed by atoms with Gasteiger partial charge in [0.15, 0.2) is 0 Å². The number of rotatable bonds is 5. The van der Waals surface area contributed by atoms with Crippen molar-refractivity contribution < 1.29 is 18.3 Å². The monoisotopic (exact) mass is 303 g/mol. The number of carboxylic acids is 1. The van der Waals surface area contributed by atoms with E-state index in [1.54, 1.807) is 13.8 Å². The molecule has 1 aromatic carbocycles. The van der Waals surface area contributed by atoms with Crippen molar-refractivity contribution in [3.05, 3.63) is 40.4 Å². The predicted octanol–water partition coefficient (Wildman–Crippen LogP) is 2.03. The third-order valence-electron chi connectivity index (χ3n) is 2.61. The van der Waals surface area contributed by atoms with Gasteiger partial charge < -0.3 is 5.11 Å². The Bertz CT molecular complexity index is 637. The third kappa shape index (κ3) is 3.79. The smallest absolute Gasteiger partial charge is 0.335 e. The van der Waals surface area contributed by atoms with Crippen molar-refractivity contribution in [1.29, 1.82) is 0 Å². The Morgan fingerprint density at radius 3 is 2.47 bits per heavy atom. The molecule has 1 aromatic rings. The lowest BCUT2D eigenvalue weighted by Gasteiger charge is -2.12. The Labute approximate surface area is 117 Å². The van der Waals surface area contributed by atoms with E-state index in [0.29, 0.717) is 11.1 Å². The van der Waals surface area contributed by atoms with Crippen LogP contribution < -0.4 is 4.72 Å². The molecular formula is C12H14ClNO4S. The molecule has 0 saturated heterocycles. The number of hydrogen-bond acceptors (Lipinski definition) is 3. The molecule has 0 aliphatic heterocycles. The van der Waals surface area contributed by atoms with Crippen molar-refractivity contribution in [3.8, 4) is 0 Å². The summed E-state index contributed by atoms with van der Waals surface area (Å²) in [4.78, 5) is 10.9. The lowest BCUT2D eigenvalue weighted by molar-refractivity contribution is 0.0696. The van der Waals surface area contributed by atoms with Crippen LogP contribution in [0.1, 0.15) is 21.5 Å². The van der Waals surface area contributed by atoms with E-state index < -0.39 is 16.0 Å². The van der Waals surface area contributed by atoms with E-state index in [9.17, 15) is 13.2 Å². The number of aryl methyl sites for hydroxylation is 1. The molecule has 0 saturated carbocycles. The summed E-state index contributed by atoms with van der Waals surface area (Å²) in [6.45, 7) is 6.54. The van der Waals surface area contributed by atoms with Crippen LogP contribution in [0.5, 0.6) is 0 Å². The second kappa shape index (κ2) is 5.73. The molecule has 19 heavy (non-hydrogen) atoms. The van der Waals surface area contributed by atoms with Crippen LogP contribution in [0.25, 0.3) is 0 Å². The van der Waals surface area contributed by atoms with E-state index in [1.165, 1.54) is 6.07 Å². The van der Waals surface area contributed by atoms with Gasteiger partial charge in [-0.3, -0.25) is 0 Å². The van der Waals surface area contributed by atoms with Crippen LogP contribution in [0.2, 0.25) is 0 Å². The Morgan fingerprint density at radius 2 is 2.00 bits per heavy atom. The Morgan fingerprint density at radius 1 is 1.42 bits per heavy atom. The first-order chi connectivity index (χ1) is 8.65. The molecule has 7 heteroatoms. The highest BCUT2D eigenvalue weighted by Gasteiger charge is 2.20. The molecule has 104 valence electrons. The van der Waals surface area contributed by atoms with E-state index in [0.717, 1.165) is 6.07 Å². The zero-order chi connectivity index (χ0) is 14.8. The molecule has 0 atom stereocenters. The number of aromatic carboxylic acids is 1. The average molecular weight is 304 g/mol. The molecular weight excluding hydrogens is 290 g/mol. The van der Waals surface area contributed by atoms with Gasteiger partial charge in [0.05, 0.1) is 10.5 Å². The first-order valence-corrected chi connectivity index (χ1v) is 7.18. The molecule has 0 bridgehead atoms. The summed E-state index contributed by atoms with van der Waals surface area (Å²) in [6, 6.07) is 2.56. The molecule has 0 heterocycles. The van der Waals surface area contributed by atoms with Crippen LogP contribution in [-0.4, -0.2) is 26.0 Å². The molecule has 2 N–H and O–H groups in total. The predicted molar refractivity (Wildman–Crippen MR) is 73.1 cm³/mol. The minimum Gasteiger partial charge on any atom is -0.478 e. The molecule has 0 fully saturated rings. The summed E-state index contributed by atoms with van der Waals surface area (Å²) in [6.07, 6.45) is 0. The van der Waals surface area contributed by atoms with Gasteiger partial charge >= 0.3 is 5.97 Å². The molecule has 0 aliphatic rings. The highest BCUT2D eigenvalue weighted by atomic mass is 35.5. The van der Waals surface area contributed by atoms with Crippen molar-refractivity contribution in [2.24, 2.45) is 0 Å². The number of halogens is 1. The van der Waals surface area contributed by atoms with Crippen LogP contribution in [-0.2, 0) is 10.0 Å². The van der Waals surface area contributed by atoms with E-state index >= 15 is 0 Å². The van der Waals surface area contributed by atoms with E-state index in [-0.39, 0.29) is 22.0 Å². The van der Waals surface area contributed by atoms with E-state index in [4.69, 9.17) is 16.7 Å². The number of carboxylic acid groups (broad SMARTS) is 1. The van der Waals surface area contributed by atoms with Crippen LogP contribution >= 0.6 is 11.6 Å². The summed E-state index contributed by atoms with van der Waals surface area (Å²) in [5.41, 5.74) is 1.01. The number of sulfonamides is 1. The van der Waals surface area contributed by atoms with Gasteiger partial charge in [-0.2, -0.15) is 0 Å². The number of carbonyl (C=O) groups is 1. The molecule has 0 aromatic heterocycles. The van der Waals surface area contributed by atoms with Crippen molar-refractivity contribution in [1.82, 2.24) is 4.72 Å². The minimum absolute atomic E-state index is 0.0668. The van der Waals surface area contributed by atoms with Gasteiger partial charge in [0.25, 0.3) is 0 Å². The second-order valence-electron chi connectivity index (χ2n) is 4.06. The maximum Gasteiger partial charge on any atom is 0.335 e. The van der Waals surface area contributed by atoms with E-state index in [1.807, 2.05) is 0 Å². The number of hydrogen-bond donors (Lipinski definition) is 2. The van der Waals surface area contributed by atoms with Gasteiger partial charge in [0, 0.05) is 11.6 Å². The highest BCUT2D eigenvalue weighted by Crippen LogP contribution is 2.21. The molecule has 0 aliphatic carbocycles. The maximum atomic E-state index is 12.1. The first kappa shape index (κ1) is 15.7. The zero-order valence-corrected chi connectivity index (χ0v) is 12.1. The van der Waals surface area contributed by atoms with Crippen LogP contribution in [0.4, 0.5) is 0 Å². The van der Waals surface area contributed by atoms with Crippen LogP contribution in [0.15, 0.2) is 28.6 Å². The fraction of sp³-hybridized carbons (Fsp3) is 0.250. The summed E-state index contributed by atoms with van der Waals surface area (Å²) < 4.78 is 26.4. The lowest BCUT2D eigenvalue weighted by Crippen LogP contribution is -2.26. The Kier molecular flexibility index (Phi) is 4.73. The molecule has 0 amide bonds. The highest BCUT2D eigenvalue weighted by molar-refractivity contribution is 7.89. The summed E-state index contributed by atoms with van der Waals surface area (Å²) in [7, 11) is -3.82. The minimum atomic E-state index is -3.82. The van der Waals surface area contributed by atoms with Gasteiger partial charge in [-0.05, 0) is 37.1 Å². The van der Waals surface area contributed by atoms with Crippen molar-refractivity contribution in [3.63, 3.8) is 0 Å². The average Bonchev–Trinajstić information content (AvgIpc) is 2.29. The quantitative estimate of drug-likeness (QED) is 0.872.